The van der Waals surface area contributed by atoms with Gasteiger partial charge in [0.15, 0.2) is 0 Å². The van der Waals surface area contributed by atoms with Gasteiger partial charge < -0.3 is 33.5 Å². The third-order valence-electron chi connectivity index (χ3n) is 7.54. The van der Waals surface area contributed by atoms with Gasteiger partial charge in [-0.3, -0.25) is 0 Å². The van der Waals surface area contributed by atoms with Crippen molar-refractivity contribution in [2.75, 3.05) is 46.2 Å². The zero-order chi connectivity index (χ0) is 31.1. The smallest absolute Gasteiger partial charge is 0.330 e. The van der Waals surface area contributed by atoms with Crippen molar-refractivity contribution in [3.8, 4) is 0 Å². The molecule has 5 unspecified atom stereocenters. The fraction of sp³-hybridized carbons (Fsp3) is 0.743. The van der Waals surface area contributed by atoms with Crippen LogP contribution in [-0.4, -0.2) is 87.8 Å². The molecule has 2 rings (SSSR count). The summed E-state index contributed by atoms with van der Waals surface area (Å²) in [5, 5.41) is 10.7. The van der Waals surface area contributed by atoms with Gasteiger partial charge in [-0.15, -0.1) is 0 Å². The summed E-state index contributed by atoms with van der Waals surface area (Å²) in [6.07, 6.45) is 9.67. The third-order valence-corrected chi connectivity index (χ3v) is 7.54. The summed E-state index contributed by atoms with van der Waals surface area (Å²) in [6, 6.07) is 9.51. The van der Waals surface area contributed by atoms with E-state index >= 15 is 0 Å². The monoisotopic (exact) mass is 606 g/mol. The minimum atomic E-state index is -0.970. The number of aliphatic hydroxyl groups excluding tert-OH is 1. The number of unbranched alkanes of at least 4 members (excludes halogenated alkanes) is 4. The van der Waals surface area contributed by atoms with Crippen molar-refractivity contribution in [1.82, 2.24) is 0 Å². The van der Waals surface area contributed by atoms with Gasteiger partial charge in [0, 0.05) is 38.4 Å². The molecule has 0 amide bonds. The molecule has 0 spiro atoms. The van der Waals surface area contributed by atoms with Crippen LogP contribution < -0.4 is 0 Å². The zero-order valence-corrected chi connectivity index (χ0v) is 27.1. The second kappa shape index (κ2) is 23.6. The fourth-order valence-corrected chi connectivity index (χ4v) is 4.99. The summed E-state index contributed by atoms with van der Waals surface area (Å²) in [6.45, 7) is 11.6. The van der Waals surface area contributed by atoms with E-state index < -0.39 is 12.1 Å². The molecule has 1 aliphatic carbocycles. The maximum absolute atomic E-state index is 12.2. The lowest BCUT2D eigenvalue weighted by Gasteiger charge is -2.46. The second-order valence-corrected chi connectivity index (χ2v) is 11.4. The normalized spacial score (nSPS) is 23.0. The maximum atomic E-state index is 12.2. The minimum absolute atomic E-state index is 0.0143. The van der Waals surface area contributed by atoms with E-state index in [0.29, 0.717) is 39.5 Å². The predicted octanol–water partition coefficient (Wildman–Crippen LogP) is 6.38. The largest absolute Gasteiger partial charge is 0.460 e. The van der Waals surface area contributed by atoms with Crippen LogP contribution >= 0.6 is 0 Å². The summed E-state index contributed by atoms with van der Waals surface area (Å²) in [7, 11) is 0. The molecule has 1 aliphatic rings. The molecule has 1 N–H and O–H groups in total. The van der Waals surface area contributed by atoms with E-state index in [4.69, 9.17) is 28.4 Å². The lowest BCUT2D eigenvalue weighted by atomic mass is 9.80. The number of ether oxygens (including phenoxy) is 6. The Balaban J connectivity index is 2.11. The van der Waals surface area contributed by atoms with Gasteiger partial charge in [0.2, 0.25) is 0 Å². The molecule has 1 aromatic carbocycles. The van der Waals surface area contributed by atoms with Crippen LogP contribution in [0.1, 0.15) is 91.0 Å². The van der Waals surface area contributed by atoms with Crippen LogP contribution in [0.5, 0.6) is 0 Å². The number of hydrogen-bond donors (Lipinski definition) is 1. The summed E-state index contributed by atoms with van der Waals surface area (Å²) in [5.74, 6) is -0.448. The van der Waals surface area contributed by atoms with Crippen LogP contribution in [0, 0.1) is 5.92 Å². The van der Waals surface area contributed by atoms with E-state index in [1.165, 1.54) is 6.08 Å². The third kappa shape index (κ3) is 15.2. The molecular weight excluding hydrogens is 548 g/mol. The molecule has 246 valence electrons. The van der Waals surface area contributed by atoms with Crippen molar-refractivity contribution >= 4 is 12.0 Å². The number of rotatable bonds is 24. The van der Waals surface area contributed by atoms with Crippen LogP contribution in [0.3, 0.4) is 0 Å². The number of esters is 1. The fourth-order valence-electron chi connectivity index (χ4n) is 4.99. The van der Waals surface area contributed by atoms with E-state index in [9.17, 15) is 9.90 Å². The Kier molecular flexibility index (Phi) is 20.5. The van der Waals surface area contributed by atoms with E-state index in [0.717, 1.165) is 56.9 Å². The minimum Gasteiger partial charge on any atom is -0.460 e. The molecule has 0 bridgehead atoms. The molecule has 8 nitrogen and oxygen atoms in total. The van der Waals surface area contributed by atoms with Gasteiger partial charge in [0.05, 0.1) is 25.4 Å². The average molecular weight is 607 g/mol. The molecule has 0 heterocycles. The first-order chi connectivity index (χ1) is 21.0. The van der Waals surface area contributed by atoms with Crippen molar-refractivity contribution in [3.05, 3.63) is 42.0 Å². The van der Waals surface area contributed by atoms with Gasteiger partial charge >= 0.3 is 5.97 Å². The Bertz CT molecular complexity index is 848. The van der Waals surface area contributed by atoms with Crippen LogP contribution in [-0.2, 0) is 33.2 Å². The second-order valence-electron chi connectivity index (χ2n) is 11.4. The molecule has 0 radical (unpaired) electrons. The summed E-state index contributed by atoms with van der Waals surface area (Å²) >= 11 is 0. The molecule has 0 saturated heterocycles. The van der Waals surface area contributed by atoms with Gasteiger partial charge in [-0.2, -0.15) is 0 Å². The van der Waals surface area contributed by atoms with E-state index in [2.05, 4.69) is 27.7 Å². The van der Waals surface area contributed by atoms with Crippen LogP contribution in [0.2, 0.25) is 0 Å². The molecule has 6 atom stereocenters. The summed E-state index contributed by atoms with van der Waals surface area (Å²) < 4.78 is 37.2. The van der Waals surface area contributed by atoms with Gasteiger partial charge in [-0.25, -0.2) is 4.79 Å². The lowest BCUT2D eigenvalue weighted by molar-refractivity contribution is -0.228. The Morgan fingerprint density at radius 2 is 1.37 bits per heavy atom. The van der Waals surface area contributed by atoms with Crippen molar-refractivity contribution < 1.29 is 38.3 Å². The SMILES string of the molecule is CCCCOCC1CC(OC[C@H](O)COC(=O)/C=C/c2ccccc2)C(OCCCC)C(OCCCC)C1OCCCC. The Hall–Kier alpha value is -1.81. The quantitative estimate of drug-likeness (QED) is 0.0823. The van der Waals surface area contributed by atoms with Crippen LogP contribution in [0.4, 0.5) is 0 Å². The maximum Gasteiger partial charge on any atom is 0.330 e. The average Bonchev–Trinajstić information content (AvgIpc) is 3.02. The van der Waals surface area contributed by atoms with Gasteiger partial charge in [0.1, 0.15) is 24.9 Å². The number of carbonyl (C=O) groups is 1. The molecule has 0 aromatic heterocycles. The van der Waals surface area contributed by atoms with Gasteiger partial charge in [0.25, 0.3) is 0 Å². The number of aliphatic hydroxyl groups is 1. The van der Waals surface area contributed by atoms with Crippen molar-refractivity contribution in [2.24, 2.45) is 5.92 Å². The highest BCUT2D eigenvalue weighted by atomic mass is 16.6. The molecule has 43 heavy (non-hydrogen) atoms. The van der Waals surface area contributed by atoms with Crippen LogP contribution in [0.15, 0.2) is 36.4 Å². The lowest BCUT2D eigenvalue weighted by Crippen LogP contribution is -2.59. The van der Waals surface area contributed by atoms with Gasteiger partial charge in [-0.1, -0.05) is 83.7 Å². The molecule has 1 saturated carbocycles. The first kappa shape index (κ1) is 37.4. The zero-order valence-electron chi connectivity index (χ0n) is 27.1. The van der Waals surface area contributed by atoms with Gasteiger partial charge in [-0.05, 0) is 43.7 Å². The van der Waals surface area contributed by atoms with Crippen LogP contribution in [0.25, 0.3) is 6.08 Å². The van der Waals surface area contributed by atoms with E-state index in [1.54, 1.807) is 6.08 Å². The standard InChI is InChI=1S/C35H58O8/c1-5-9-20-38-25-29-24-31(42-26-30(36)27-43-32(37)19-18-28-16-14-13-15-17-28)34(40-22-11-7-3)35(41-23-12-8-4)33(29)39-21-10-6-2/h13-19,29-31,33-36H,5-12,20-27H2,1-4H3/b19-18+/t29?,30-,31?,33?,34?,35?/m0/s1. The number of carbonyl (C=O) groups excluding carboxylic acids is 1. The molecule has 1 aromatic rings. The first-order valence-corrected chi connectivity index (χ1v) is 16.7. The summed E-state index contributed by atoms with van der Waals surface area (Å²) in [4.78, 5) is 12.2. The Morgan fingerprint density at radius 3 is 2.00 bits per heavy atom. The number of hydrogen-bond acceptors (Lipinski definition) is 8. The van der Waals surface area contributed by atoms with E-state index in [1.807, 2.05) is 30.3 Å². The highest BCUT2D eigenvalue weighted by molar-refractivity contribution is 5.87. The molecule has 0 aliphatic heterocycles. The Morgan fingerprint density at radius 1 is 0.791 bits per heavy atom. The summed E-state index contributed by atoms with van der Waals surface area (Å²) in [5.41, 5.74) is 0.899. The molecule has 1 fully saturated rings. The number of benzene rings is 1. The highest BCUT2D eigenvalue weighted by Gasteiger charge is 2.47. The highest BCUT2D eigenvalue weighted by Crippen LogP contribution is 2.34. The molecule has 8 heteroatoms. The molecular formula is C35H58O8. The van der Waals surface area contributed by atoms with Crippen molar-refractivity contribution in [1.29, 1.82) is 0 Å². The topological polar surface area (TPSA) is 92.7 Å². The van der Waals surface area contributed by atoms with E-state index in [-0.39, 0.29) is 43.5 Å². The predicted molar refractivity (Wildman–Crippen MR) is 170 cm³/mol. The Labute approximate surface area is 260 Å². The first-order valence-electron chi connectivity index (χ1n) is 16.7. The van der Waals surface area contributed by atoms with Crippen molar-refractivity contribution in [2.45, 2.75) is 116 Å². The van der Waals surface area contributed by atoms with Crippen molar-refractivity contribution in [3.63, 3.8) is 0 Å².